The smallest absolute Gasteiger partial charge is 0.224 e. The first-order valence-corrected chi connectivity index (χ1v) is 6.29. The van der Waals surface area contributed by atoms with Crippen molar-refractivity contribution in [2.45, 2.75) is 20.1 Å². The number of aliphatic hydroxyl groups is 1. The summed E-state index contributed by atoms with van der Waals surface area (Å²) in [6.07, 6.45) is 1.68. The quantitative estimate of drug-likeness (QED) is 0.873. The van der Waals surface area contributed by atoms with Gasteiger partial charge in [0.25, 0.3) is 0 Å². The molecule has 1 heterocycles. The predicted molar refractivity (Wildman–Crippen MR) is 75.9 cm³/mol. The van der Waals surface area contributed by atoms with Gasteiger partial charge in [0, 0.05) is 18.3 Å². The summed E-state index contributed by atoms with van der Waals surface area (Å²) in [6, 6.07) is 7.14. The topological polar surface area (TPSA) is 77.6 Å². The van der Waals surface area contributed by atoms with E-state index in [1.54, 1.807) is 31.5 Å². The van der Waals surface area contributed by atoms with Crippen LogP contribution in [0.3, 0.4) is 0 Å². The molecule has 0 saturated heterocycles. The minimum absolute atomic E-state index is 0.0482. The molecule has 0 aliphatic rings. The van der Waals surface area contributed by atoms with Crippen LogP contribution in [-0.2, 0) is 13.2 Å². The van der Waals surface area contributed by atoms with Crippen LogP contribution >= 0.6 is 0 Å². The fourth-order valence-electron chi connectivity index (χ4n) is 1.90. The molecule has 5 nitrogen and oxygen atoms in total. The number of methoxy groups -OCH3 is 1. The second kappa shape index (κ2) is 6.36. The van der Waals surface area contributed by atoms with Crippen LogP contribution in [-0.4, -0.2) is 17.2 Å². The summed E-state index contributed by atoms with van der Waals surface area (Å²) in [5, 5.41) is 9.13. The largest absolute Gasteiger partial charge is 0.493 e. The highest BCUT2D eigenvalue weighted by atomic mass is 16.5. The summed E-state index contributed by atoms with van der Waals surface area (Å²) in [5.74, 6) is 1.56. The number of rotatable bonds is 5. The standard InChI is InChI=1S/C15H18N2O3/c1-10-5-6-17-15(12(10)8-16)20-13-4-3-11(9-18)7-14(13)19-2/h3-7,18H,8-9,16H2,1-2H3. The summed E-state index contributed by atoms with van der Waals surface area (Å²) in [7, 11) is 1.55. The number of hydrogen-bond donors (Lipinski definition) is 2. The SMILES string of the molecule is COc1cc(CO)ccc1Oc1nccc(C)c1CN. The molecule has 1 aromatic heterocycles. The molecule has 3 N–H and O–H groups in total. The third-order valence-corrected chi connectivity index (χ3v) is 3.07. The highest BCUT2D eigenvalue weighted by Crippen LogP contribution is 2.33. The first-order chi connectivity index (χ1) is 9.69. The van der Waals surface area contributed by atoms with E-state index < -0.39 is 0 Å². The van der Waals surface area contributed by atoms with E-state index in [9.17, 15) is 0 Å². The van der Waals surface area contributed by atoms with Gasteiger partial charge in [-0.05, 0) is 36.2 Å². The number of nitrogens with two attached hydrogens (primary N) is 1. The van der Waals surface area contributed by atoms with Gasteiger partial charge in [0.05, 0.1) is 13.7 Å². The maximum atomic E-state index is 9.13. The van der Waals surface area contributed by atoms with Crippen molar-refractivity contribution in [3.8, 4) is 17.4 Å². The minimum atomic E-state index is -0.0482. The zero-order chi connectivity index (χ0) is 14.5. The highest BCUT2D eigenvalue weighted by Gasteiger charge is 2.12. The van der Waals surface area contributed by atoms with Gasteiger partial charge in [-0.3, -0.25) is 0 Å². The molecule has 0 atom stereocenters. The highest BCUT2D eigenvalue weighted by molar-refractivity contribution is 5.46. The number of aromatic nitrogens is 1. The maximum absolute atomic E-state index is 9.13. The first-order valence-electron chi connectivity index (χ1n) is 6.29. The van der Waals surface area contributed by atoms with Crippen molar-refractivity contribution in [3.63, 3.8) is 0 Å². The van der Waals surface area contributed by atoms with Crippen LogP contribution in [0, 0.1) is 6.92 Å². The molecule has 1 aromatic carbocycles. The van der Waals surface area contributed by atoms with E-state index in [1.165, 1.54) is 0 Å². The number of benzene rings is 1. The normalized spacial score (nSPS) is 10.4. The average molecular weight is 274 g/mol. The van der Waals surface area contributed by atoms with Crippen molar-refractivity contribution in [3.05, 3.63) is 47.2 Å². The second-order valence-electron chi connectivity index (χ2n) is 4.36. The molecule has 2 aromatic rings. The van der Waals surface area contributed by atoms with Gasteiger partial charge < -0.3 is 20.3 Å². The molecule has 106 valence electrons. The third-order valence-electron chi connectivity index (χ3n) is 3.07. The number of ether oxygens (including phenoxy) is 2. The Morgan fingerprint density at radius 3 is 2.70 bits per heavy atom. The Labute approximate surface area is 118 Å². The molecule has 0 aliphatic heterocycles. The first kappa shape index (κ1) is 14.3. The molecule has 0 unspecified atom stereocenters. The lowest BCUT2D eigenvalue weighted by molar-refractivity contribution is 0.280. The van der Waals surface area contributed by atoms with Gasteiger partial charge in [0.1, 0.15) is 0 Å². The van der Waals surface area contributed by atoms with Crippen LogP contribution in [0.2, 0.25) is 0 Å². The fourth-order valence-corrected chi connectivity index (χ4v) is 1.90. The van der Waals surface area contributed by atoms with E-state index in [-0.39, 0.29) is 6.61 Å². The fraction of sp³-hybridized carbons (Fsp3) is 0.267. The van der Waals surface area contributed by atoms with Crippen LogP contribution in [0.5, 0.6) is 17.4 Å². The molecule has 5 heteroatoms. The third kappa shape index (κ3) is 2.89. The van der Waals surface area contributed by atoms with E-state index in [4.69, 9.17) is 20.3 Å². The average Bonchev–Trinajstić information content (AvgIpc) is 2.48. The Balaban J connectivity index is 2.37. The predicted octanol–water partition coefficient (Wildman–Crippen LogP) is 2.14. The molecule has 20 heavy (non-hydrogen) atoms. The van der Waals surface area contributed by atoms with Crippen LogP contribution in [0.25, 0.3) is 0 Å². The Kier molecular flexibility index (Phi) is 4.55. The Morgan fingerprint density at radius 2 is 2.05 bits per heavy atom. The molecule has 0 fully saturated rings. The van der Waals surface area contributed by atoms with Crippen LogP contribution in [0.15, 0.2) is 30.5 Å². The summed E-state index contributed by atoms with van der Waals surface area (Å²) in [6.45, 7) is 2.27. The lowest BCUT2D eigenvalue weighted by Crippen LogP contribution is -2.04. The van der Waals surface area contributed by atoms with E-state index >= 15 is 0 Å². The molecule has 0 spiro atoms. The van der Waals surface area contributed by atoms with E-state index in [1.807, 2.05) is 13.0 Å². The van der Waals surface area contributed by atoms with Crippen molar-refractivity contribution < 1.29 is 14.6 Å². The van der Waals surface area contributed by atoms with E-state index in [0.29, 0.717) is 23.9 Å². The number of hydrogen-bond acceptors (Lipinski definition) is 5. The van der Waals surface area contributed by atoms with Gasteiger partial charge in [0.15, 0.2) is 11.5 Å². The monoisotopic (exact) mass is 274 g/mol. The van der Waals surface area contributed by atoms with Gasteiger partial charge in [-0.25, -0.2) is 4.98 Å². The van der Waals surface area contributed by atoms with Gasteiger partial charge in [-0.2, -0.15) is 0 Å². The minimum Gasteiger partial charge on any atom is -0.493 e. The molecule has 0 saturated carbocycles. The zero-order valence-corrected chi connectivity index (χ0v) is 11.6. The van der Waals surface area contributed by atoms with E-state index in [2.05, 4.69) is 4.98 Å². The van der Waals surface area contributed by atoms with Crippen molar-refractivity contribution >= 4 is 0 Å². The lowest BCUT2D eigenvalue weighted by Gasteiger charge is -2.14. The van der Waals surface area contributed by atoms with Crippen LogP contribution < -0.4 is 15.2 Å². The molecule has 0 bridgehead atoms. The van der Waals surface area contributed by atoms with Crippen LogP contribution in [0.1, 0.15) is 16.7 Å². The summed E-state index contributed by atoms with van der Waals surface area (Å²) in [5.41, 5.74) is 8.38. The van der Waals surface area contributed by atoms with Crippen molar-refractivity contribution in [1.29, 1.82) is 0 Å². The van der Waals surface area contributed by atoms with Crippen molar-refractivity contribution in [1.82, 2.24) is 4.98 Å². The van der Waals surface area contributed by atoms with Crippen LogP contribution in [0.4, 0.5) is 0 Å². The number of nitrogens with zero attached hydrogens (tertiary/aromatic N) is 1. The van der Waals surface area contributed by atoms with Crippen molar-refractivity contribution in [2.24, 2.45) is 5.73 Å². The molecule has 0 amide bonds. The Morgan fingerprint density at radius 1 is 1.25 bits per heavy atom. The van der Waals surface area contributed by atoms with Crippen molar-refractivity contribution in [2.75, 3.05) is 7.11 Å². The summed E-state index contributed by atoms with van der Waals surface area (Å²) in [4.78, 5) is 4.22. The maximum Gasteiger partial charge on any atom is 0.224 e. The van der Waals surface area contributed by atoms with Gasteiger partial charge in [-0.15, -0.1) is 0 Å². The number of aliphatic hydroxyl groups excluding tert-OH is 1. The molecule has 0 aliphatic carbocycles. The van der Waals surface area contributed by atoms with Gasteiger partial charge >= 0.3 is 0 Å². The lowest BCUT2D eigenvalue weighted by atomic mass is 10.1. The van der Waals surface area contributed by atoms with E-state index in [0.717, 1.165) is 16.7 Å². The number of pyridine rings is 1. The zero-order valence-electron chi connectivity index (χ0n) is 11.6. The molecule has 0 radical (unpaired) electrons. The molecular weight excluding hydrogens is 256 g/mol. The van der Waals surface area contributed by atoms with Gasteiger partial charge in [-0.1, -0.05) is 6.07 Å². The Hall–Kier alpha value is -2.11. The molecular formula is C15H18N2O3. The molecule has 2 rings (SSSR count). The number of aryl methyl sites for hydroxylation is 1. The summed E-state index contributed by atoms with van der Waals surface area (Å²) >= 11 is 0. The second-order valence-corrected chi connectivity index (χ2v) is 4.36. The summed E-state index contributed by atoms with van der Waals surface area (Å²) < 4.78 is 11.1. The van der Waals surface area contributed by atoms with Gasteiger partial charge in [0.2, 0.25) is 5.88 Å². The Bertz CT molecular complexity index is 600.